The Labute approximate surface area is 237 Å². The Balaban J connectivity index is 1.28. The molecule has 1 saturated carbocycles. The monoisotopic (exact) mass is 536 g/mol. The van der Waals surface area contributed by atoms with Gasteiger partial charge in [-0.1, -0.05) is 82.7 Å². The number of urea groups is 1. The third-order valence-corrected chi connectivity index (χ3v) is 9.77. The molecule has 216 valence electrons. The summed E-state index contributed by atoms with van der Waals surface area (Å²) in [6.45, 7) is 15.3. The topological polar surface area (TPSA) is 55.9 Å². The second kappa shape index (κ2) is 13.8. The molecular formula is C33H52N4O2. The molecular weight excluding hydrogens is 484 g/mol. The van der Waals surface area contributed by atoms with Crippen LogP contribution in [0.5, 0.6) is 0 Å². The van der Waals surface area contributed by atoms with Crippen LogP contribution in [0, 0.1) is 24.2 Å². The number of aryl methyl sites for hydroxylation is 1. The number of unbranched alkanes of at least 4 members (excludes halogenated alkanes) is 5. The van der Waals surface area contributed by atoms with Crippen LogP contribution in [0.2, 0.25) is 0 Å². The Hall–Kier alpha value is -2.34. The number of hydrogen-bond acceptors (Lipinski definition) is 3. The van der Waals surface area contributed by atoms with Crippen molar-refractivity contribution in [3.8, 4) is 0 Å². The first-order valence-corrected chi connectivity index (χ1v) is 15.6. The molecule has 39 heavy (non-hydrogen) atoms. The van der Waals surface area contributed by atoms with E-state index in [0.29, 0.717) is 11.3 Å². The van der Waals surface area contributed by atoms with Gasteiger partial charge in [0.25, 0.3) is 5.91 Å². The van der Waals surface area contributed by atoms with Crippen LogP contribution in [0.3, 0.4) is 0 Å². The number of carbonyl (C=O) groups excluding carboxylic acids is 2. The van der Waals surface area contributed by atoms with Gasteiger partial charge in [-0.05, 0) is 55.1 Å². The third kappa shape index (κ3) is 7.45. The summed E-state index contributed by atoms with van der Waals surface area (Å²) in [7, 11) is 0. The SMILES string of the molecule is CCCCCCCCNC(=O)N(CCN1CCN(C(=O)c2ccccc2C)CC1)CC1=CCC2CC1C2(C)C. The highest BCUT2D eigenvalue weighted by Gasteiger charge is 2.51. The molecule has 5 rings (SSSR count). The first-order valence-electron chi connectivity index (χ1n) is 15.6. The van der Waals surface area contributed by atoms with E-state index in [-0.39, 0.29) is 11.9 Å². The van der Waals surface area contributed by atoms with Crippen molar-refractivity contribution < 1.29 is 9.59 Å². The van der Waals surface area contributed by atoms with Gasteiger partial charge < -0.3 is 15.1 Å². The minimum Gasteiger partial charge on any atom is -0.338 e. The first kappa shape index (κ1) is 29.6. The molecule has 1 N–H and O–H groups in total. The molecule has 0 aromatic heterocycles. The molecule has 1 aromatic rings. The molecule has 2 unspecified atom stereocenters. The van der Waals surface area contributed by atoms with Crippen LogP contribution in [0.15, 0.2) is 35.9 Å². The largest absolute Gasteiger partial charge is 0.338 e. The van der Waals surface area contributed by atoms with Gasteiger partial charge in [-0.3, -0.25) is 9.69 Å². The zero-order valence-corrected chi connectivity index (χ0v) is 25.0. The zero-order chi connectivity index (χ0) is 27.8. The van der Waals surface area contributed by atoms with Crippen molar-refractivity contribution >= 4 is 11.9 Å². The predicted octanol–water partition coefficient (Wildman–Crippen LogP) is 6.12. The average molecular weight is 537 g/mol. The quantitative estimate of drug-likeness (QED) is 0.244. The fourth-order valence-corrected chi connectivity index (χ4v) is 6.76. The number of benzene rings is 1. The van der Waals surface area contributed by atoms with E-state index in [1.165, 1.54) is 44.1 Å². The van der Waals surface area contributed by atoms with Gasteiger partial charge in [0.2, 0.25) is 0 Å². The smallest absolute Gasteiger partial charge is 0.317 e. The van der Waals surface area contributed by atoms with E-state index in [1.807, 2.05) is 36.1 Å². The van der Waals surface area contributed by atoms with E-state index in [0.717, 1.165) is 82.2 Å². The highest BCUT2D eigenvalue weighted by molar-refractivity contribution is 5.95. The van der Waals surface area contributed by atoms with Crippen molar-refractivity contribution in [3.63, 3.8) is 0 Å². The van der Waals surface area contributed by atoms with Crippen LogP contribution in [0.25, 0.3) is 0 Å². The molecule has 2 atom stereocenters. The molecule has 3 amide bonds. The molecule has 1 aromatic carbocycles. The zero-order valence-electron chi connectivity index (χ0n) is 25.0. The van der Waals surface area contributed by atoms with Gasteiger partial charge in [-0.15, -0.1) is 0 Å². The summed E-state index contributed by atoms with van der Waals surface area (Å²) in [5.41, 5.74) is 3.67. The second-order valence-electron chi connectivity index (χ2n) is 12.7. The molecule has 3 aliphatic carbocycles. The van der Waals surface area contributed by atoms with Gasteiger partial charge in [0.1, 0.15) is 0 Å². The van der Waals surface area contributed by atoms with Crippen molar-refractivity contribution in [3.05, 3.63) is 47.0 Å². The Bertz CT molecular complexity index is 995. The Kier molecular flexibility index (Phi) is 10.5. The van der Waals surface area contributed by atoms with E-state index in [2.05, 4.69) is 42.0 Å². The summed E-state index contributed by atoms with van der Waals surface area (Å²) in [4.78, 5) is 32.8. The number of allylic oxidation sites excluding steroid dienone is 1. The molecule has 0 radical (unpaired) electrons. The summed E-state index contributed by atoms with van der Waals surface area (Å²) < 4.78 is 0. The van der Waals surface area contributed by atoms with E-state index in [4.69, 9.17) is 0 Å². The number of nitrogens with zero attached hydrogens (tertiary/aromatic N) is 3. The number of fused-ring (bicyclic) bond motifs is 1. The van der Waals surface area contributed by atoms with Gasteiger partial charge in [0.05, 0.1) is 0 Å². The maximum absolute atomic E-state index is 13.4. The number of hydrogen-bond donors (Lipinski definition) is 1. The van der Waals surface area contributed by atoms with Crippen LogP contribution in [-0.4, -0.2) is 79.0 Å². The Morgan fingerprint density at radius 1 is 1.03 bits per heavy atom. The van der Waals surface area contributed by atoms with E-state index in [1.54, 1.807) is 0 Å². The number of piperazine rings is 1. The van der Waals surface area contributed by atoms with Gasteiger partial charge in [0, 0.05) is 57.9 Å². The molecule has 1 aliphatic heterocycles. The number of nitrogens with one attached hydrogen (secondary N) is 1. The highest BCUT2D eigenvalue weighted by Crippen LogP contribution is 2.59. The lowest BCUT2D eigenvalue weighted by atomic mass is 9.49. The lowest BCUT2D eigenvalue weighted by Crippen LogP contribution is -2.53. The van der Waals surface area contributed by atoms with Gasteiger partial charge in [-0.2, -0.15) is 0 Å². The fourth-order valence-electron chi connectivity index (χ4n) is 6.76. The molecule has 6 heteroatoms. The van der Waals surface area contributed by atoms with Crippen LogP contribution >= 0.6 is 0 Å². The van der Waals surface area contributed by atoms with Crippen molar-refractivity contribution in [1.29, 1.82) is 0 Å². The average Bonchev–Trinajstić information content (AvgIpc) is 2.94. The van der Waals surface area contributed by atoms with Crippen molar-refractivity contribution in [2.24, 2.45) is 17.3 Å². The van der Waals surface area contributed by atoms with Crippen LogP contribution in [0.1, 0.15) is 88.1 Å². The minimum absolute atomic E-state index is 0.0806. The molecule has 2 bridgehead atoms. The van der Waals surface area contributed by atoms with Gasteiger partial charge in [0.15, 0.2) is 0 Å². The first-order chi connectivity index (χ1) is 18.8. The maximum Gasteiger partial charge on any atom is 0.317 e. The van der Waals surface area contributed by atoms with Crippen molar-refractivity contribution in [2.45, 2.75) is 79.1 Å². The number of amides is 3. The summed E-state index contributed by atoms with van der Waals surface area (Å²) >= 11 is 0. The lowest BCUT2D eigenvalue weighted by molar-refractivity contribution is -0.00984. The highest BCUT2D eigenvalue weighted by atomic mass is 16.2. The van der Waals surface area contributed by atoms with Crippen LogP contribution in [-0.2, 0) is 0 Å². The Morgan fingerprint density at radius 2 is 1.74 bits per heavy atom. The van der Waals surface area contributed by atoms with Crippen LogP contribution < -0.4 is 5.32 Å². The standard InChI is InChI=1S/C33H52N4O2/c1-5-6-7-8-9-12-17-34-32(39)37(25-27-15-16-28-24-30(27)33(28,3)4)23-20-35-18-21-36(22-19-35)31(38)29-14-11-10-13-26(29)2/h10-11,13-15,28,30H,5-9,12,16-25H2,1-4H3,(H,34,39). The predicted molar refractivity (Wildman–Crippen MR) is 160 cm³/mol. The molecule has 4 aliphatic rings. The number of rotatable bonds is 13. The fraction of sp³-hybridized carbons (Fsp3) is 0.697. The maximum atomic E-state index is 13.4. The van der Waals surface area contributed by atoms with Crippen molar-refractivity contribution in [2.75, 3.05) is 52.4 Å². The van der Waals surface area contributed by atoms with Gasteiger partial charge in [-0.25, -0.2) is 4.79 Å². The van der Waals surface area contributed by atoms with Crippen molar-refractivity contribution in [1.82, 2.24) is 20.0 Å². The minimum atomic E-state index is 0.0806. The summed E-state index contributed by atoms with van der Waals surface area (Å²) in [5.74, 6) is 1.55. The normalized spacial score (nSPS) is 22.2. The summed E-state index contributed by atoms with van der Waals surface area (Å²) in [5, 5.41) is 3.23. The second-order valence-corrected chi connectivity index (χ2v) is 12.7. The third-order valence-electron chi connectivity index (χ3n) is 9.77. The van der Waals surface area contributed by atoms with E-state index >= 15 is 0 Å². The van der Waals surface area contributed by atoms with Gasteiger partial charge >= 0.3 is 6.03 Å². The molecule has 1 heterocycles. The molecule has 1 saturated heterocycles. The lowest BCUT2D eigenvalue weighted by Gasteiger charge is -2.57. The van der Waals surface area contributed by atoms with E-state index < -0.39 is 0 Å². The van der Waals surface area contributed by atoms with Crippen LogP contribution in [0.4, 0.5) is 4.79 Å². The molecule has 6 nitrogen and oxygen atoms in total. The Morgan fingerprint density at radius 3 is 2.44 bits per heavy atom. The number of carbonyl (C=O) groups is 2. The molecule has 2 fully saturated rings. The summed E-state index contributed by atoms with van der Waals surface area (Å²) in [6, 6.07) is 7.93. The summed E-state index contributed by atoms with van der Waals surface area (Å²) in [6.07, 6.45) is 12.2. The van der Waals surface area contributed by atoms with E-state index in [9.17, 15) is 9.59 Å². The molecule has 0 spiro atoms.